The molecule has 1 amide bonds. The molecule has 0 radical (unpaired) electrons. The van der Waals surface area contributed by atoms with Gasteiger partial charge in [0.05, 0.1) is 6.42 Å². The molecule has 8 nitrogen and oxygen atoms in total. The lowest BCUT2D eigenvalue weighted by Gasteiger charge is -2.26. The van der Waals surface area contributed by atoms with Crippen LogP contribution < -0.4 is 4.90 Å². The molecule has 2 aromatic heterocycles. The van der Waals surface area contributed by atoms with Gasteiger partial charge in [-0.05, 0) is 45.7 Å². The summed E-state index contributed by atoms with van der Waals surface area (Å²) in [6.45, 7) is 7.29. The van der Waals surface area contributed by atoms with Crippen LogP contribution in [0.15, 0.2) is 30.6 Å². The number of aromatic nitrogens is 4. The van der Waals surface area contributed by atoms with E-state index in [4.69, 9.17) is 4.74 Å². The van der Waals surface area contributed by atoms with Crippen LogP contribution in [0.4, 0.5) is 5.69 Å². The number of fused-ring (bicyclic) bond motifs is 2. The Bertz CT molecular complexity index is 1110. The van der Waals surface area contributed by atoms with Crippen molar-refractivity contribution >= 4 is 23.3 Å². The van der Waals surface area contributed by atoms with Crippen molar-refractivity contribution in [2.45, 2.75) is 52.7 Å². The van der Waals surface area contributed by atoms with Crippen molar-refractivity contribution in [3.63, 3.8) is 0 Å². The summed E-state index contributed by atoms with van der Waals surface area (Å²) in [5, 5.41) is 4.13. The highest BCUT2D eigenvalue weighted by atomic mass is 16.5. The highest BCUT2D eigenvalue weighted by Gasteiger charge is 2.34. The van der Waals surface area contributed by atoms with Gasteiger partial charge in [0.1, 0.15) is 6.33 Å². The van der Waals surface area contributed by atoms with E-state index in [0.717, 1.165) is 28.9 Å². The van der Waals surface area contributed by atoms with E-state index in [-0.39, 0.29) is 18.4 Å². The molecule has 3 heterocycles. The van der Waals surface area contributed by atoms with E-state index in [9.17, 15) is 9.59 Å². The Morgan fingerprint density at radius 2 is 2.03 bits per heavy atom. The van der Waals surface area contributed by atoms with Gasteiger partial charge in [0.25, 0.3) is 11.7 Å². The molecule has 0 saturated heterocycles. The van der Waals surface area contributed by atoms with Gasteiger partial charge in [-0.1, -0.05) is 18.2 Å². The maximum Gasteiger partial charge on any atom is 0.311 e. The van der Waals surface area contributed by atoms with E-state index in [1.807, 2.05) is 45.0 Å². The molecule has 0 spiro atoms. The zero-order valence-electron chi connectivity index (χ0n) is 16.9. The third-order valence-corrected chi connectivity index (χ3v) is 5.41. The monoisotopic (exact) mass is 393 g/mol. The number of hydrogen-bond acceptors (Lipinski definition) is 6. The van der Waals surface area contributed by atoms with Gasteiger partial charge in [-0.3, -0.25) is 9.59 Å². The molecule has 1 aliphatic rings. The summed E-state index contributed by atoms with van der Waals surface area (Å²) in [4.78, 5) is 35.7. The first kappa shape index (κ1) is 19.0. The number of amides is 1. The Morgan fingerprint density at radius 3 is 2.83 bits per heavy atom. The lowest BCUT2D eigenvalue weighted by molar-refractivity contribution is -0.153. The highest BCUT2D eigenvalue weighted by Crippen LogP contribution is 2.32. The Morgan fingerprint density at radius 1 is 1.28 bits per heavy atom. The van der Waals surface area contributed by atoms with E-state index in [1.165, 1.54) is 6.33 Å². The Labute approximate surface area is 168 Å². The van der Waals surface area contributed by atoms with Crippen LogP contribution >= 0.6 is 0 Å². The first-order valence-corrected chi connectivity index (χ1v) is 9.63. The number of benzene rings is 1. The molecule has 0 aliphatic carbocycles. The summed E-state index contributed by atoms with van der Waals surface area (Å²) in [6.07, 6.45) is 1.36. The average Bonchev–Trinajstić information content (AvgIpc) is 3.27. The third-order valence-electron chi connectivity index (χ3n) is 5.41. The molecule has 0 unspecified atom stereocenters. The molecule has 1 aromatic carbocycles. The van der Waals surface area contributed by atoms with Crippen LogP contribution in [0.2, 0.25) is 0 Å². The van der Waals surface area contributed by atoms with Crippen LogP contribution in [-0.2, 0) is 27.2 Å². The number of carbonyl (C=O) groups is 2. The zero-order valence-corrected chi connectivity index (χ0v) is 16.9. The zero-order chi connectivity index (χ0) is 20.7. The second-order valence-corrected chi connectivity index (χ2v) is 7.43. The van der Waals surface area contributed by atoms with Crippen molar-refractivity contribution in [2.75, 3.05) is 4.90 Å². The molecule has 2 atom stereocenters. The van der Waals surface area contributed by atoms with Crippen LogP contribution in [-0.4, -0.2) is 43.6 Å². The number of nitrogens with zero attached hydrogens (tertiary/aromatic N) is 5. The van der Waals surface area contributed by atoms with Gasteiger partial charge in [-0.2, -0.15) is 10.1 Å². The summed E-state index contributed by atoms with van der Waals surface area (Å²) in [7, 11) is 0. The second kappa shape index (κ2) is 7.27. The molecular formula is C21H23N5O3. The average molecular weight is 393 g/mol. The summed E-state index contributed by atoms with van der Waals surface area (Å²) < 4.78 is 7.08. The first-order chi connectivity index (χ1) is 13.9. The standard InChI is InChI=1S/C21H23N5O3/c1-12-9-16-7-5-6-8-18(16)25(12)20(28)15(4)29-19(27)10-17-13(2)24-21-22-11-23-26(21)14(17)3/h5-8,11-12,15H,9-10H2,1-4H3/t12-,15-/m0/s1. The summed E-state index contributed by atoms with van der Waals surface area (Å²) in [6, 6.07) is 7.86. The number of esters is 1. The highest BCUT2D eigenvalue weighted by molar-refractivity contribution is 5.99. The van der Waals surface area contributed by atoms with Crippen molar-refractivity contribution < 1.29 is 14.3 Å². The Hall–Kier alpha value is -3.29. The molecule has 0 saturated carbocycles. The number of anilines is 1. The topological polar surface area (TPSA) is 89.7 Å². The third kappa shape index (κ3) is 3.35. The minimum Gasteiger partial charge on any atom is -0.452 e. The van der Waals surface area contributed by atoms with Crippen molar-refractivity contribution in [3.05, 3.63) is 53.1 Å². The Kier molecular flexibility index (Phi) is 4.77. The van der Waals surface area contributed by atoms with Crippen LogP contribution in [0.1, 0.15) is 36.4 Å². The molecule has 4 rings (SSSR count). The second-order valence-electron chi connectivity index (χ2n) is 7.43. The molecule has 3 aromatic rings. The summed E-state index contributed by atoms with van der Waals surface area (Å²) >= 11 is 0. The maximum atomic E-state index is 13.0. The largest absolute Gasteiger partial charge is 0.452 e. The number of aryl methyl sites for hydroxylation is 2. The van der Waals surface area contributed by atoms with Crippen LogP contribution in [0.25, 0.3) is 5.78 Å². The van der Waals surface area contributed by atoms with Gasteiger partial charge in [0.2, 0.25) is 0 Å². The number of para-hydroxylation sites is 1. The Balaban J connectivity index is 1.48. The number of carbonyl (C=O) groups excluding carboxylic acids is 2. The van der Waals surface area contributed by atoms with Crippen LogP contribution in [0, 0.1) is 13.8 Å². The van der Waals surface area contributed by atoms with Gasteiger partial charge in [0.15, 0.2) is 6.10 Å². The van der Waals surface area contributed by atoms with Crippen molar-refractivity contribution in [1.82, 2.24) is 19.6 Å². The fraction of sp³-hybridized carbons (Fsp3) is 0.381. The van der Waals surface area contributed by atoms with Crippen LogP contribution in [0.5, 0.6) is 0 Å². The lowest BCUT2D eigenvalue weighted by Crippen LogP contribution is -2.43. The van der Waals surface area contributed by atoms with E-state index < -0.39 is 12.1 Å². The number of rotatable bonds is 4. The number of ether oxygens (including phenoxy) is 1. The molecule has 1 aliphatic heterocycles. The fourth-order valence-electron chi connectivity index (χ4n) is 3.94. The fourth-order valence-corrected chi connectivity index (χ4v) is 3.94. The molecule has 8 heteroatoms. The number of hydrogen-bond donors (Lipinski definition) is 0. The van der Waals surface area contributed by atoms with Crippen molar-refractivity contribution in [1.29, 1.82) is 0 Å². The maximum absolute atomic E-state index is 13.0. The van der Waals surface area contributed by atoms with Gasteiger partial charge >= 0.3 is 5.97 Å². The van der Waals surface area contributed by atoms with Crippen molar-refractivity contribution in [3.8, 4) is 0 Å². The molecular weight excluding hydrogens is 370 g/mol. The van der Waals surface area contributed by atoms with E-state index in [1.54, 1.807) is 16.3 Å². The van der Waals surface area contributed by atoms with Gasteiger partial charge in [-0.15, -0.1) is 0 Å². The van der Waals surface area contributed by atoms with Gasteiger partial charge in [0, 0.05) is 28.7 Å². The van der Waals surface area contributed by atoms with E-state index in [0.29, 0.717) is 11.5 Å². The van der Waals surface area contributed by atoms with Gasteiger partial charge in [-0.25, -0.2) is 9.50 Å². The SMILES string of the molecule is Cc1nc2ncnn2c(C)c1CC(=O)O[C@@H](C)C(=O)N1c2ccccc2C[C@@H]1C. The minimum absolute atomic E-state index is 0.0181. The van der Waals surface area contributed by atoms with E-state index in [2.05, 4.69) is 15.1 Å². The quantitative estimate of drug-likeness (QED) is 0.631. The summed E-state index contributed by atoms with van der Waals surface area (Å²) in [5.41, 5.74) is 4.22. The molecule has 0 fully saturated rings. The van der Waals surface area contributed by atoms with Crippen LogP contribution in [0.3, 0.4) is 0 Å². The predicted octanol–water partition coefficient (Wildman–Crippen LogP) is 2.19. The first-order valence-electron chi connectivity index (χ1n) is 9.63. The molecule has 0 N–H and O–H groups in total. The predicted molar refractivity (Wildman–Crippen MR) is 107 cm³/mol. The minimum atomic E-state index is -0.875. The molecule has 150 valence electrons. The summed E-state index contributed by atoms with van der Waals surface area (Å²) in [5.74, 6) is -0.199. The lowest BCUT2D eigenvalue weighted by atomic mass is 10.1. The van der Waals surface area contributed by atoms with E-state index >= 15 is 0 Å². The smallest absolute Gasteiger partial charge is 0.311 e. The van der Waals surface area contributed by atoms with Crippen molar-refractivity contribution in [2.24, 2.45) is 0 Å². The molecule has 0 bridgehead atoms. The van der Waals surface area contributed by atoms with Gasteiger partial charge < -0.3 is 9.64 Å². The normalized spacial score (nSPS) is 16.7. The molecule has 29 heavy (non-hydrogen) atoms.